The molecule has 138 valence electrons. The third kappa shape index (κ3) is 2.71. The largest absolute Gasteiger partial charge is 0.485 e. The Hall–Kier alpha value is -2.27. The Morgan fingerprint density at radius 1 is 1.38 bits per heavy atom. The molecule has 1 amide bonds. The smallest absolute Gasteiger partial charge is 0.228 e. The number of rotatable bonds is 3. The Morgan fingerprint density at radius 3 is 2.88 bits per heavy atom. The van der Waals surface area contributed by atoms with E-state index in [1.54, 1.807) is 0 Å². The van der Waals surface area contributed by atoms with E-state index in [0.717, 1.165) is 42.0 Å². The Morgan fingerprint density at radius 2 is 2.19 bits per heavy atom. The van der Waals surface area contributed by atoms with Gasteiger partial charge < -0.3 is 20.1 Å². The number of nitrogens with one attached hydrogen (secondary N) is 1. The van der Waals surface area contributed by atoms with E-state index in [9.17, 15) is 9.90 Å². The zero-order valence-corrected chi connectivity index (χ0v) is 15.6. The van der Waals surface area contributed by atoms with Gasteiger partial charge in [-0.05, 0) is 57.4 Å². The first kappa shape index (κ1) is 17.2. The summed E-state index contributed by atoms with van der Waals surface area (Å²) >= 11 is 0. The van der Waals surface area contributed by atoms with Crippen LogP contribution in [0.15, 0.2) is 36.1 Å². The molecule has 2 unspecified atom stereocenters. The van der Waals surface area contributed by atoms with Crippen molar-refractivity contribution in [3.8, 4) is 5.75 Å². The standard InChI is InChI=1S/C21H26N2O3/c1-4-23(14-8-6-5-7-9-14)19-15-12-16-13(11-18(24)22-16)10-17(15)26-21(2,3)20(19)25/h5-6,8,10,12,19-20,25H,4,7,9,11H2,1-3H3,(H,22,24). The Kier molecular flexibility index (Phi) is 4.07. The number of aliphatic hydroxyl groups is 1. The number of hydrogen-bond donors (Lipinski definition) is 2. The van der Waals surface area contributed by atoms with Gasteiger partial charge in [0.25, 0.3) is 0 Å². The number of carbonyl (C=O) groups excluding carboxylic acids is 1. The van der Waals surface area contributed by atoms with E-state index in [-0.39, 0.29) is 11.9 Å². The predicted octanol–water partition coefficient (Wildman–Crippen LogP) is 3.31. The predicted molar refractivity (Wildman–Crippen MR) is 101 cm³/mol. The minimum absolute atomic E-state index is 0.00572. The van der Waals surface area contributed by atoms with Crippen molar-refractivity contribution in [2.45, 2.75) is 57.8 Å². The Bertz CT molecular complexity index is 810. The third-order valence-corrected chi connectivity index (χ3v) is 5.60. The van der Waals surface area contributed by atoms with Gasteiger partial charge in [0.2, 0.25) is 5.91 Å². The second kappa shape index (κ2) is 6.16. The highest BCUT2D eigenvalue weighted by Gasteiger charge is 2.46. The fourth-order valence-electron chi connectivity index (χ4n) is 4.23. The summed E-state index contributed by atoms with van der Waals surface area (Å²) in [6, 6.07) is 3.74. The normalized spacial score (nSPS) is 25.7. The number of hydrogen-bond acceptors (Lipinski definition) is 4. The topological polar surface area (TPSA) is 61.8 Å². The molecule has 1 aromatic carbocycles. The molecular formula is C21H26N2O3. The van der Waals surface area contributed by atoms with Gasteiger partial charge in [-0.2, -0.15) is 0 Å². The third-order valence-electron chi connectivity index (χ3n) is 5.60. The number of anilines is 1. The Balaban J connectivity index is 1.83. The van der Waals surface area contributed by atoms with Gasteiger partial charge in [0.1, 0.15) is 17.5 Å². The molecule has 0 radical (unpaired) electrons. The summed E-state index contributed by atoms with van der Waals surface area (Å²) < 4.78 is 6.16. The van der Waals surface area contributed by atoms with Crippen molar-refractivity contribution < 1.29 is 14.6 Å². The maximum Gasteiger partial charge on any atom is 0.228 e. The summed E-state index contributed by atoms with van der Waals surface area (Å²) in [5.74, 6) is 0.775. The number of allylic oxidation sites excluding steroid dienone is 4. The average molecular weight is 354 g/mol. The maximum atomic E-state index is 11.8. The van der Waals surface area contributed by atoms with E-state index in [1.807, 2.05) is 26.0 Å². The molecule has 0 aromatic heterocycles. The SMILES string of the molecule is CCN(C1=CC=CCC1)C1c2cc3c(cc2OC(C)(C)C1O)CC(=O)N3. The molecule has 5 heteroatoms. The van der Waals surface area contributed by atoms with Gasteiger partial charge in [0.05, 0.1) is 12.5 Å². The first-order valence-corrected chi connectivity index (χ1v) is 9.37. The van der Waals surface area contributed by atoms with Gasteiger partial charge in [-0.25, -0.2) is 0 Å². The minimum Gasteiger partial charge on any atom is -0.485 e. The number of aliphatic hydroxyl groups excluding tert-OH is 1. The number of amides is 1. The lowest BCUT2D eigenvalue weighted by molar-refractivity contribution is -0.115. The first-order chi connectivity index (χ1) is 12.4. The van der Waals surface area contributed by atoms with Crippen LogP contribution in [0.5, 0.6) is 5.75 Å². The lowest BCUT2D eigenvalue weighted by Gasteiger charge is -2.48. The highest BCUT2D eigenvalue weighted by Crippen LogP contribution is 2.47. The summed E-state index contributed by atoms with van der Waals surface area (Å²) in [5, 5.41) is 14.1. The van der Waals surface area contributed by atoms with Crippen molar-refractivity contribution in [1.29, 1.82) is 0 Å². The zero-order valence-electron chi connectivity index (χ0n) is 15.6. The van der Waals surface area contributed by atoms with Gasteiger partial charge in [0.15, 0.2) is 0 Å². The van der Waals surface area contributed by atoms with Gasteiger partial charge in [-0.3, -0.25) is 4.79 Å². The molecule has 2 N–H and O–H groups in total. The van der Waals surface area contributed by atoms with E-state index in [1.165, 1.54) is 5.70 Å². The molecule has 2 atom stereocenters. The van der Waals surface area contributed by atoms with E-state index in [4.69, 9.17) is 4.74 Å². The first-order valence-electron chi connectivity index (χ1n) is 9.37. The summed E-state index contributed by atoms with van der Waals surface area (Å²) in [7, 11) is 0. The monoisotopic (exact) mass is 354 g/mol. The van der Waals surface area contributed by atoms with Crippen molar-refractivity contribution in [3.05, 3.63) is 47.2 Å². The number of fused-ring (bicyclic) bond motifs is 2. The molecule has 0 saturated heterocycles. The fraction of sp³-hybridized carbons (Fsp3) is 0.476. The summed E-state index contributed by atoms with van der Waals surface area (Å²) in [5.41, 5.74) is 3.26. The second-order valence-electron chi connectivity index (χ2n) is 7.78. The van der Waals surface area contributed by atoms with Crippen LogP contribution in [0.25, 0.3) is 0 Å². The van der Waals surface area contributed by atoms with Crippen LogP contribution in [-0.4, -0.2) is 34.2 Å². The zero-order chi connectivity index (χ0) is 18.5. The minimum atomic E-state index is -0.708. The van der Waals surface area contributed by atoms with E-state index < -0.39 is 11.7 Å². The molecule has 4 rings (SSSR count). The van der Waals surface area contributed by atoms with Crippen molar-refractivity contribution in [3.63, 3.8) is 0 Å². The molecule has 0 fully saturated rings. The quantitative estimate of drug-likeness (QED) is 0.874. The second-order valence-corrected chi connectivity index (χ2v) is 7.78. The summed E-state index contributed by atoms with van der Waals surface area (Å²) in [6.45, 7) is 6.75. The molecule has 5 nitrogen and oxygen atoms in total. The van der Waals surface area contributed by atoms with E-state index in [2.05, 4.69) is 35.4 Å². The summed E-state index contributed by atoms with van der Waals surface area (Å²) in [4.78, 5) is 14.1. The van der Waals surface area contributed by atoms with Crippen LogP contribution in [0.3, 0.4) is 0 Å². The molecule has 0 saturated carbocycles. The number of likely N-dealkylation sites (N-methyl/N-ethyl adjacent to an activating group) is 1. The highest BCUT2D eigenvalue weighted by molar-refractivity contribution is 5.99. The molecule has 0 spiro atoms. The van der Waals surface area contributed by atoms with E-state index in [0.29, 0.717) is 6.42 Å². The lowest BCUT2D eigenvalue weighted by Crippen LogP contribution is -2.53. The molecule has 2 aliphatic heterocycles. The number of carbonyl (C=O) groups is 1. The van der Waals surface area contributed by atoms with Crippen LogP contribution in [-0.2, 0) is 11.2 Å². The lowest BCUT2D eigenvalue weighted by atomic mass is 9.84. The molecule has 3 aliphatic rings. The van der Waals surface area contributed by atoms with Gasteiger partial charge in [0, 0.05) is 23.5 Å². The van der Waals surface area contributed by atoms with Crippen LogP contribution in [0.2, 0.25) is 0 Å². The number of ether oxygens (including phenoxy) is 1. The van der Waals surface area contributed by atoms with E-state index >= 15 is 0 Å². The van der Waals surface area contributed by atoms with Crippen LogP contribution < -0.4 is 10.1 Å². The van der Waals surface area contributed by atoms with Crippen molar-refractivity contribution in [2.75, 3.05) is 11.9 Å². The molecule has 1 aliphatic carbocycles. The molecule has 0 bridgehead atoms. The fourth-order valence-corrected chi connectivity index (χ4v) is 4.23. The van der Waals surface area contributed by atoms with Gasteiger partial charge >= 0.3 is 0 Å². The Labute approximate surface area is 154 Å². The molecule has 1 aromatic rings. The molecule has 2 heterocycles. The van der Waals surface area contributed by atoms with Crippen LogP contribution in [0, 0.1) is 0 Å². The maximum absolute atomic E-state index is 11.8. The summed E-state index contributed by atoms with van der Waals surface area (Å²) in [6.07, 6.45) is 8.06. The van der Waals surface area contributed by atoms with Crippen LogP contribution in [0.4, 0.5) is 5.69 Å². The average Bonchev–Trinajstić information content (AvgIpc) is 2.97. The van der Waals surface area contributed by atoms with Gasteiger partial charge in [-0.1, -0.05) is 12.2 Å². The van der Waals surface area contributed by atoms with Crippen molar-refractivity contribution in [2.24, 2.45) is 0 Å². The van der Waals surface area contributed by atoms with Crippen LogP contribution >= 0.6 is 0 Å². The molecule has 26 heavy (non-hydrogen) atoms. The van der Waals surface area contributed by atoms with Gasteiger partial charge in [-0.15, -0.1) is 0 Å². The highest BCUT2D eigenvalue weighted by atomic mass is 16.5. The number of nitrogens with zero attached hydrogens (tertiary/aromatic N) is 1. The molecular weight excluding hydrogens is 328 g/mol. The van der Waals surface area contributed by atoms with Crippen molar-refractivity contribution in [1.82, 2.24) is 4.90 Å². The van der Waals surface area contributed by atoms with Crippen molar-refractivity contribution >= 4 is 11.6 Å². The van der Waals surface area contributed by atoms with Crippen LogP contribution in [0.1, 0.15) is 50.8 Å². The number of benzene rings is 1.